The average molecular weight is 273 g/mol. The van der Waals surface area contributed by atoms with Crippen molar-refractivity contribution < 1.29 is 4.79 Å². The van der Waals surface area contributed by atoms with E-state index in [2.05, 4.69) is 28.6 Å². The Morgan fingerprint density at radius 1 is 1.40 bits per heavy atom. The number of nitrogens with one attached hydrogen (secondary N) is 2. The van der Waals surface area contributed by atoms with Crippen LogP contribution in [0.5, 0.6) is 0 Å². The van der Waals surface area contributed by atoms with Crippen LogP contribution in [0.3, 0.4) is 0 Å². The number of hydrogen-bond donors (Lipinski definition) is 2. The molecule has 4 nitrogen and oxygen atoms in total. The lowest BCUT2D eigenvalue weighted by Crippen LogP contribution is -2.46. The predicted octanol–water partition coefficient (Wildman–Crippen LogP) is 1.87. The lowest BCUT2D eigenvalue weighted by atomic mass is 9.98. The number of para-hydroxylation sites is 1. The average Bonchev–Trinajstić information content (AvgIpc) is 2.46. The minimum atomic E-state index is 0.0663. The number of anilines is 1. The maximum atomic E-state index is 12.5. The molecule has 3 rings (SSSR count). The third kappa shape index (κ3) is 2.80. The van der Waals surface area contributed by atoms with Crippen molar-refractivity contribution >= 4 is 11.6 Å². The number of piperidine rings is 1. The van der Waals surface area contributed by atoms with Crippen LogP contribution in [0.4, 0.5) is 5.69 Å². The standard InChI is InChI=1S/C16H23N3O/c1-19-10-4-7-13(11-19)18-16(20)14-8-2-5-12-6-3-9-17-15(12)14/h2,5,8,13,17H,3-4,6-7,9-11H2,1H3,(H,18,20). The number of likely N-dealkylation sites (N-methyl/N-ethyl adjacent to an activating group) is 1. The number of fused-ring (bicyclic) bond motifs is 1. The molecule has 2 aliphatic rings. The van der Waals surface area contributed by atoms with Crippen molar-refractivity contribution in [1.82, 2.24) is 10.2 Å². The SMILES string of the molecule is CN1CCCC(NC(=O)c2cccc3c2NCCC3)C1. The van der Waals surface area contributed by atoms with E-state index in [0.29, 0.717) is 0 Å². The van der Waals surface area contributed by atoms with Crippen molar-refractivity contribution in [3.63, 3.8) is 0 Å². The minimum absolute atomic E-state index is 0.0663. The molecule has 0 saturated carbocycles. The fourth-order valence-corrected chi connectivity index (χ4v) is 3.25. The summed E-state index contributed by atoms with van der Waals surface area (Å²) in [4.78, 5) is 14.8. The predicted molar refractivity (Wildman–Crippen MR) is 81.2 cm³/mol. The van der Waals surface area contributed by atoms with Gasteiger partial charge in [0.15, 0.2) is 0 Å². The molecule has 20 heavy (non-hydrogen) atoms. The molecule has 1 amide bonds. The number of rotatable bonds is 2. The zero-order valence-electron chi connectivity index (χ0n) is 12.1. The van der Waals surface area contributed by atoms with Gasteiger partial charge >= 0.3 is 0 Å². The molecule has 2 heterocycles. The highest BCUT2D eigenvalue weighted by Gasteiger charge is 2.22. The summed E-state index contributed by atoms with van der Waals surface area (Å²) in [6.07, 6.45) is 4.45. The van der Waals surface area contributed by atoms with E-state index in [1.807, 2.05) is 12.1 Å². The van der Waals surface area contributed by atoms with Gasteiger partial charge in [0.05, 0.1) is 11.3 Å². The van der Waals surface area contributed by atoms with Gasteiger partial charge in [-0.2, -0.15) is 0 Å². The second-order valence-corrected chi connectivity index (χ2v) is 5.94. The summed E-state index contributed by atoms with van der Waals surface area (Å²) in [6.45, 7) is 3.05. The Kier molecular flexibility index (Phi) is 3.92. The van der Waals surface area contributed by atoms with Gasteiger partial charge in [-0.25, -0.2) is 0 Å². The molecule has 1 saturated heterocycles. The fourth-order valence-electron chi connectivity index (χ4n) is 3.25. The second kappa shape index (κ2) is 5.83. The highest BCUT2D eigenvalue weighted by atomic mass is 16.1. The Morgan fingerprint density at radius 3 is 3.15 bits per heavy atom. The molecule has 2 aliphatic heterocycles. The molecule has 1 aromatic rings. The summed E-state index contributed by atoms with van der Waals surface area (Å²) in [5.41, 5.74) is 3.11. The number of nitrogens with zero attached hydrogens (tertiary/aromatic N) is 1. The third-order valence-corrected chi connectivity index (χ3v) is 4.28. The maximum absolute atomic E-state index is 12.5. The third-order valence-electron chi connectivity index (χ3n) is 4.28. The molecule has 1 aromatic carbocycles. The molecule has 1 unspecified atom stereocenters. The van der Waals surface area contributed by atoms with Gasteiger partial charge in [0.1, 0.15) is 0 Å². The molecule has 0 aliphatic carbocycles. The molecule has 0 aromatic heterocycles. The first-order valence-corrected chi connectivity index (χ1v) is 7.59. The molecule has 0 radical (unpaired) electrons. The monoisotopic (exact) mass is 273 g/mol. The molecular formula is C16H23N3O. The van der Waals surface area contributed by atoms with E-state index in [1.165, 1.54) is 5.56 Å². The van der Waals surface area contributed by atoms with Crippen LogP contribution in [0, 0.1) is 0 Å². The Morgan fingerprint density at radius 2 is 2.30 bits per heavy atom. The van der Waals surface area contributed by atoms with Crippen molar-refractivity contribution in [2.75, 3.05) is 32.0 Å². The number of carbonyl (C=O) groups is 1. The Bertz CT molecular complexity index is 500. The molecule has 1 atom stereocenters. The van der Waals surface area contributed by atoms with Gasteiger partial charge in [-0.1, -0.05) is 12.1 Å². The number of carbonyl (C=O) groups excluding carboxylic acids is 1. The second-order valence-electron chi connectivity index (χ2n) is 5.94. The highest BCUT2D eigenvalue weighted by Crippen LogP contribution is 2.26. The Hall–Kier alpha value is -1.55. The molecule has 0 bridgehead atoms. The van der Waals surface area contributed by atoms with Crippen molar-refractivity contribution in [3.8, 4) is 0 Å². The van der Waals surface area contributed by atoms with Gasteiger partial charge in [-0.15, -0.1) is 0 Å². The molecule has 4 heteroatoms. The van der Waals surface area contributed by atoms with Crippen LogP contribution in [0.25, 0.3) is 0 Å². The molecule has 2 N–H and O–H groups in total. The van der Waals surface area contributed by atoms with Crippen LogP contribution >= 0.6 is 0 Å². The van der Waals surface area contributed by atoms with E-state index in [-0.39, 0.29) is 11.9 Å². The van der Waals surface area contributed by atoms with E-state index in [1.54, 1.807) is 0 Å². The van der Waals surface area contributed by atoms with Gasteiger partial charge in [0.2, 0.25) is 0 Å². The van der Waals surface area contributed by atoms with Gasteiger partial charge in [0.25, 0.3) is 5.91 Å². The highest BCUT2D eigenvalue weighted by molar-refractivity contribution is 6.00. The number of amides is 1. The van der Waals surface area contributed by atoms with E-state index in [0.717, 1.165) is 56.6 Å². The lowest BCUT2D eigenvalue weighted by molar-refractivity contribution is 0.0913. The summed E-state index contributed by atoms with van der Waals surface area (Å²) in [6, 6.07) is 6.32. The quantitative estimate of drug-likeness (QED) is 0.864. The normalized spacial score (nSPS) is 22.8. The largest absolute Gasteiger partial charge is 0.384 e. The number of hydrogen-bond acceptors (Lipinski definition) is 3. The zero-order chi connectivity index (χ0) is 13.9. The van der Waals surface area contributed by atoms with Crippen molar-refractivity contribution in [2.24, 2.45) is 0 Å². The number of likely N-dealkylation sites (tertiary alicyclic amines) is 1. The smallest absolute Gasteiger partial charge is 0.253 e. The van der Waals surface area contributed by atoms with Crippen molar-refractivity contribution in [2.45, 2.75) is 31.7 Å². The number of benzene rings is 1. The molecule has 0 spiro atoms. The van der Waals surface area contributed by atoms with E-state index < -0.39 is 0 Å². The Balaban J connectivity index is 1.74. The van der Waals surface area contributed by atoms with Gasteiger partial charge in [-0.3, -0.25) is 4.79 Å². The van der Waals surface area contributed by atoms with Gasteiger partial charge in [-0.05, 0) is 50.9 Å². The first-order valence-electron chi connectivity index (χ1n) is 7.59. The summed E-state index contributed by atoms with van der Waals surface area (Å²) in [5, 5.41) is 6.58. The molecule has 108 valence electrons. The minimum Gasteiger partial charge on any atom is -0.384 e. The van der Waals surface area contributed by atoms with Crippen molar-refractivity contribution in [3.05, 3.63) is 29.3 Å². The first kappa shape index (κ1) is 13.4. The van der Waals surface area contributed by atoms with E-state index in [4.69, 9.17) is 0 Å². The zero-order valence-corrected chi connectivity index (χ0v) is 12.1. The summed E-state index contributed by atoms with van der Waals surface area (Å²) in [7, 11) is 2.12. The van der Waals surface area contributed by atoms with Crippen LogP contribution in [0.2, 0.25) is 0 Å². The molecule has 1 fully saturated rings. The molecular weight excluding hydrogens is 250 g/mol. The van der Waals surface area contributed by atoms with Crippen LogP contribution in [-0.2, 0) is 6.42 Å². The summed E-state index contributed by atoms with van der Waals surface area (Å²) >= 11 is 0. The topological polar surface area (TPSA) is 44.4 Å². The Labute approximate surface area is 120 Å². The first-order chi connectivity index (χ1) is 9.74. The number of aryl methyl sites for hydroxylation is 1. The van der Waals surface area contributed by atoms with Crippen LogP contribution < -0.4 is 10.6 Å². The maximum Gasteiger partial charge on any atom is 0.253 e. The van der Waals surface area contributed by atoms with E-state index in [9.17, 15) is 4.79 Å². The van der Waals surface area contributed by atoms with Crippen molar-refractivity contribution in [1.29, 1.82) is 0 Å². The van der Waals surface area contributed by atoms with E-state index >= 15 is 0 Å². The van der Waals surface area contributed by atoms with Crippen LogP contribution in [0.1, 0.15) is 35.2 Å². The summed E-state index contributed by atoms with van der Waals surface area (Å²) < 4.78 is 0. The van der Waals surface area contributed by atoms with Crippen LogP contribution in [0.15, 0.2) is 18.2 Å². The van der Waals surface area contributed by atoms with Gasteiger partial charge in [0, 0.05) is 19.1 Å². The van der Waals surface area contributed by atoms with Crippen LogP contribution in [-0.4, -0.2) is 43.5 Å². The summed E-state index contributed by atoms with van der Waals surface area (Å²) in [5.74, 6) is 0.0663. The van der Waals surface area contributed by atoms with Gasteiger partial charge < -0.3 is 15.5 Å². The fraction of sp³-hybridized carbons (Fsp3) is 0.562. The lowest BCUT2D eigenvalue weighted by Gasteiger charge is -2.30.